The number of carboxylic acids is 1. The molecular weight excluding hydrogens is 306 g/mol. The van der Waals surface area contributed by atoms with E-state index in [1.807, 2.05) is 55.4 Å². The van der Waals surface area contributed by atoms with Crippen molar-refractivity contribution in [1.82, 2.24) is 0 Å². The molecule has 0 saturated heterocycles. The zero-order chi connectivity index (χ0) is 14.0. The third-order valence-corrected chi connectivity index (χ3v) is 3.40. The lowest BCUT2D eigenvalue weighted by Gasteiger charge is -2.13. The van der Waals surface area contributed by atoms with Crippen molar-refractivity contribution < 1.29 is 9.90 Å². The number of rotatable bonds is 3. The second kappa shape index (κ2) is 5.45. The first-order valence-electron chi connectivity index (χ1n) is 5.79. The van der Waals surface area contributed by atoms with E-state index in [0.29, 0.717) is 5.56 Å². The Kier molecular flexibility index (Phi) is 3.90. The van der Waals surface area contributed by atoms with Gasteiger partial charge in [0.25, 0.3) is 0 Å². The summed E-state index contributed by atoms with van der Waals surface area (Å²) in [6.07, 6.45) is 0. The minimum atomic E-state index is -0.923. The van der Waals surface area contributed by atoms with Crippen LogP contribution in [-0.2, 0) is 0 Å². The molecule has 4 heteroatoms. The zero-order valence-electron chi connectivity index (χ0n) is 10.7. The predicted molar refractivity (Wildman–Crippen MR) is 80.9 cm³/mol. The molecule has 0 aromatic heterocycles. The number of hydrogen-bond acceptors (Lipinski definition) is 2. The fraction of sp³-hybridized carbons (Fsp3) is 0.133. The highest BCUT2D eigenvalue weighted by Crippen LogP contribution is 2.28. The molecule has 2 aromatic carbocycles. The normalized spacial score (nSPS) is 10.3. The third-order valence-electron chi connectivity index (χ3n) is 2.91. The maximum Gasteiger partial charge on any atom is 0.336 e. The highest BCUT2D eigenvalue weighted by atomic mass is 79.9. The van der Waals surface area contributed by atoms with E-state index in [1.165, 1.54) is 0 Å². The lowest BCUT2D eigenvalue weighted by molar-refractivity contribution is 0.0697. The maximum atomic E-state index is 11.3. The van der Waals surface area contributed by atoms with Crippen LogP contribution in [0.3, 0.4) is 0 Å². The Morgan fingerprint density at radius 3 is 2.26 bits per heavy atom. The van der Waals surface area contributed by atoms with Crippen LogP contribution in [0.15, 0.2) is 46.9 Å². The van der Waals surface area contributed by atoms with Gasteiger partial charge < -0.3 is 10.0 Å². The van der Waals surface area contributed by atoms with E-state index in [4.69, 9.17) is 0 Å². The van der Waals surface area contributed by atoms with Crippen LogP contribution >= 0.6 is 15.9 Å². The summed E-state index contributed by atoms with van der Waals surface area (Å²) in [5, 5.41) is 9.27. The van der Waals surface area contributed by atoms with E-state index in [1.54, 1.807) is 6.07 Å². The van der Waals surface area contributed by atoms with Crippen LogP contribution in [0.2, 0.25) is 0 Å². The molecule has 3 nitrogen and oxygen atoms in total. The minimum absolute atomic E-state index is 0.298. The van der Waals surface area contributed by atoms with Crippen LogP contribution in [0.4, 0.5) is 5.69 Å². The summed E-state index contributed by atoms with van der Waals surface area (Å²) < 4.78 is 0.763. The lowest BCUT2D eigenvalue weighted by Crippen LogP contribution is -2.08. The summed E-state index contributed by atoms with van der Waals surface area (Å²) in [6.45, 7) is 0. The van der Waals surface area contributed by atoms with E-state index in [2.05, 4.69) is 15.9 Å². The van der Waals surface area contributed by atoms with E-state index in [-0.39, 0.29) is 0 Å². The lowest BCUT2D eigenvalue weighted by atomic mass is 9.99. The van der Waals surface area contributed by atoms with Gasteiger partial charge in [0.2, 0.25) is 0 Å². The monoisotopic (exact) mass is 319 g/mol. The smallest absolute Gasteiger partial charge is 0.336 e. The van der Waals surface area contributed by atoms with Crippen molar-refractivity contribution in [3.8, 4) is 11.1 Å². The van der Waals surface area contributed by atoms with Crippen molar-refractivity contribution in [1.29, 1.82) is 0 Å². The van der Waals surface area contributed by atoms with Crippen molar-refractivity contribution in [2.75, 3.05) is 19.0 Å². The highest BCUT2D eigenvalue weighted by Gasteiger charge is 2.12. The van der Waals surface area contributed by atoms with Crippen LogP contribution in [0.1, 0.15) is 10.4 Å². The fourth-order valence-corrected chi connectivity index (χ4v) is 2.25. The first kappa shape index (κ1) is 13.6. The molecule has 0 heterocycles. The van der Waals surface area contributed by atoms with Gasteiger partial charge >= 0.3 is 5.97 Å². The number of carboxylic acid groups (broad SMARTS) is 1. The Labute approximate surface area is 120 Å². The molecule has 0 radical (unpaired) electrons. The Hall–Kier alpha value is -1.81. The van der Waals surface area contributed by atoms with Gasteiger partial charge in [0.1, 0.15) is 0 Å². The minimum Gasteiger partial charge on any atom is -0.478 e. The molecule has 19 heavy (non-hydrogen) atoms. The molecule has 2 aromatic rings. The number of carbonyl (C=O) groups is 1. The van der Waals surface area contributed by atoms with Crippen LogP contribution < -0.4 is 4.90 Å². The van der Waals surface area contributed by atoms with Crippen LogP contribution in [0.25, 0.3) is 11.1 Å². The first-order valence-corrected chi connectivity index (χ1v) is 6.59. The molecule has 0 atom stereocenters. The molecule has 1 N–H and O–H groups in total. The summed E-state index contributed by atoms with van der Waals surface area (Å²) in [5.74, 6) is -0.923. The molecule has 0 spiro atoms. The average Bonchev–Trinajstić information content (AvgIpc) is 2.38. The van der Waals surface area contributed by atoms with Gasteiger partial charge in [-0.1, -0.05) is 34.1 Å². The molecule has 0 bridgehead atoms. The number of benzene rings is 2. The number of aromatic carboxylic acids is 1. The summed E-state index contributed by atoms with van der Waals surface area (Å²) in [7, 11) is 3.94. The summed E-state index contributed by atoms with van der Waals surface area (Å²) in [4.78, 5) is 13.3. The molecule has 0 aliphatic carbocycles. The number of anilines is 1. The van der Waals surface area contributed by atoms with Crippen molar-refractivity contribution in [2.45, 2.75) is 0 Å². The Balaban J connectivity index is 2.49. The summed E-state index contributed by atoms with van der Waals surface area (Å²) in [5.41, 5.74) is 3.00. The molecule has 0 fully saturated rings. The second-order valence-corrected chi connectivity index (χ2v) is 5.35. The average molecular weight is 320 g/mol. The van der Waals surface area contributed by atoms with E-state index in [9.17, 15) is 9.90 Å². The van der Waals surface area contributed by atoms with Crippen LogP contribution in [0.5, 0.6) is 0 Å². The molecule has 0 aliphatic rings. The zero-order valence-corrected chi connectivity index (χ0v) is 12.3. The molecular formula is C15H14BrNO2. The van der Waals surface area contributed by atoms with Gasteiger partial charge in [0, 0.05) is 24.3 Å². The standard InChI is InChI=1S/C15H14BrNO2/c1-17(2)12-6-3-10(4-7-12)13-8-5-11(16)9-14(13)15(18)19/h3-9H,1-2H3,(H,18,19). The summed E-state index contributed by atoms with van der Waals surface area (Å²) >= 11 is 3.30. The van der Waals surface area contributed by atoms with Gasteiger partial charge in [-0.25, -0.2) is 4.79 Å². The highest BCUT2D eigenvalue weighted by molar-refractivity contribution is 9.10. The van der Waals surface area contributed by atoms with Crippen molar-refractivity contribution in [3.63, 3.8) is 0 Å². The Morgan fingerprint density at radius 1 is 1.11 bits per heavy atom. The Morgan fingerprint density at radius 2 is 1.74 bits per heavy atom. The largest absolute Gasteiger partial charge is 0.478 e. The third kappa shape index (κ3) is 2.96. The number of hydrogen-bond donors (Lipinski definition) is 1. The number of halogens is 1. The first-order chi connectivity index (χ1) is 8.99. The van der Waals surface area contributed by atoms with Gasteiger partial charge in [-0.05, 0) is 35.4 Å². The van der Waals surface area contributed by atoms with Crippen LogP contribution in [0, 0.1) is 0 Å². The second-order valence-electron chi connectivity index (χ2n) is 4.44. The van der Waals surface area contributed by atoms with E-state index < -0.39 is 5.97 Å². The topological polar surface area (TPSA) is 40.5 Å². The van der Waals surface area contributed by atoms with Gasteiger partial charge in [-0.2, -0.15) is 0 Å². The van der Waals surface area contributed by atoms with Gasteiger partial charge in [0.15, 0.2) is 0 Å². The summed E-state index contributed by atoms with van der Waals surface area (Å²) in [6, 6.07) is 13.1. The van der Waals surface area contributed by atoms with E-state index in [0.717, 1.165) is 21.3 Å². The van der Waals surface area contributed by atoms with E-state index >= 15 is 0 Å². The molecule has 0 amide bonds. The van der Waals surface area contributed by atoms with Gasteiger partial charge in [-0.15, -0.1) is 0 Å². The molecule has 98 valence electrons. The van der Waals surface area contributed by atoms with Crippen LogP contribution in [-0.4, -0.2) is 25.2 Å². The van der Waals surface area contributed by atoms with Crippen molar-refractivity contribution >= 4 is 27.6 Å². The fourth-order valence-electron chi connectivity index (χ4n) is 1.88. The molecule has 2 rings (SSSR count). The Bertz CT molecular complexity index is 606. The quantitative estimate of drug-likeness (QED) is 0.933. The SMILES string of the molecule is CN(C)c1ccc(-c2ccc(Br)cc2C(=O)O)cc1. The van der Waals surface area contributed by atoms with Crippen molar-refractivity contribution in [2.24, 2.45) is 0 Å². The number of nitrogens with zero attached hydrogens (tertiary/aromatic N) is 1. The van der Waals surface area contributed by atoms with Gasteiger partial charge in [0.05, 0.1) is 5.56 Å². The molecule has 0 unspecified atom stereocenters. The maximum absolute atomic E-state index is 11.3. The molecule has 0 aliphatic heterocycles. The van der Waals surface area contributed by atoms with Crippen molar-refractivity contribution in [3.05, 3.63) is 52.5 Å². The molecule has 0 saturated carbocycles. The van der Waals surface area contributed by atoms with Gasteiger partial charge in [-0.3, -0.25) is 0 Å². The predicted octanol–water partition coefficient (Wildman–Crippen LogP) is 3.88.